The van der Waals surface area contributed by atoms with Gasteiger partial charge in [-0.25, -0.2) is 9.78 Å². The summed E-state index contributed by atoms with van der Waals surface area (Å²) >= 11 is 0. The Hall–Kier alpha value is -1.88. The molecule has 0 radical (unpaired) electrons. The summed E-state index contributed by atoms with van der Waals surface area (Å²) in [6, 6.07) is 3.52. The molecule has 2 aromatic rings. The lowest BCUT2D eigenvalue weighted by Gasteiger charge is -2.24. The predicted octanol–water partition coefficient (Wildman–Crippen LogP) is 1.23. The van der Waals surface area contributed by atoms with E-state index < -0.39 is 0 Å². The van der Waals surface area contributed by atoms with Gasteiger partial charge in [0.05, 0.1) is 43.5 Å². The molecule has 1 fully saturated rings. The van der Waals surface area contributed by atoms with Crippen LogP contribution in [0.3, 0.4) is 0 Å². The second kappa shape index (κ2) is 3.85. The third-order valence-electron chi connectivity index (χ3n) is 2.98. The Bertz CT molecular complexity index is 572. The second-order valence-electron chi connectivity index (χ2n) is 4.05. The van der Waals surface area contributed by atoms with E-state index in [1.54, 1.807) is 18.3 Å². The van der Waals surface area contributed by atoms with Crippen molar-refractivity contribution in [2.75, 3.05) is 20.3 Å². The molecule has 1 aliphatic heterocycles. The Morgan fingerprint density at radius 2 is 2.41 bits per heavy atom. The number of carbonyl (C=O) groups excluding carboxylic acids is 1. The lowest BCUT2D eigenvalue weighted by atomic mass is 10.1. The number of carbonyl (C=O) groups is 1. The third-order valence-corrected chi connectivity index (χ3v) is 2.98. The summed E-state index contributed by atoms with van der Waals surface area (Å²) in [5, 5.41) is 0. The fourth-order valence-electron chi connectivity index (χ4n) is 1.95. The van der Waals surface area contributed by atoms with Gasteiger partial charge in [-0.15, -0.1) is 0 Å². The van der Waals surface area contributed by atoms with E-state index in [1.807, 2.05) is 10.6 Å². The fraction of sp³-hybridized carbons (Fsp3) is 0.333. The molecule has 2 aromatic heterocycles. The van der Waals surface area contributed by atoms with Crippen molar-refractivity contribution < 1.29 is 14.3 Å². The van der Waals surface area contributed by atoms with Gasteiger partial charge in [0.15, 0.2) is 0 Å². The maximum absolute atomic E-state index is 11.4. The van der Waals surface area contributed by atoms with Crippen LogP contribution in [0.15, 0.2) is 24.5 Å². The zero-order chi connectivity index (χ0) is 11.8. The quantitative estimate of drug-likeness (QED) is 0.731. The van der Waals surface area contributed by atoms with Crippen LogP contribution >= 0.6 is 0 Å². The number of rotatable bonds is 2. The molecule has 5 nitrogen and oxygen atoms in total. The summed E-state index contributed by atoms with van der Waals surface area (Å²) in [5.41, 5.74) is 1.44. The molecule has 0 N–H and O–H groups in total. The average Bonchev–Trinajstić information content (AvgIpc) is 2.69. The van der Waals surface area contributed by atoms with E-state index >= 15 is 0 Å². The van der Waals surface area contributed by atoms with Crippen molar-refractivity contribution in [3.8, 4) is 0 Å². The van der Waals surface area contributed by atoms with Gasteiger partial charge in [-0.1, -0.05) is 0 Å². The second-order valence-corrected chi connectivity index (χ2v) is 4.05. The third kappa shape index (κ3) is 1.59. The maximum Gasteiger partial charge on any atom is 0.337 e. The average molecular weight is 232 g/mol. The monoisotopic (exact) mass is 232 g/mol. The number of methoxy groups -OCH3 is 1. The number of aromatic nitrogens is 2. The van der Waals surface area contributed by atoms with Crippen LogP contribution in [0.1, 0.15) is 22.1 Å². The van der Waals surface area contributed by atoms with Crippen molar-refractivity contribution in [2.45, 2.75) is 5.92 Å². The van der Waals surface area contributed by atoms with Gasteiger partial charge in [0, 0.05) is 6.20 Å². The number of nitrogens with zero attached hydrogens (tertiary/aromatic N) is 2. The number of fused-ring (bicyclic) bond motifs is 1. The molecule has 0 atom stereocenters. The molecule has 17 heavy (non-hydrogen) atoms. The number of esters is 1. The van der Waals surface area contributed by atoms with Crippen LogP contribution < -0.4 is 0 Å². The highest BCUT2D eigenvalue weighted by molar-refractivity contribution is 5.90. The van der Waals surface area contributed by atoms with Crippen molar-refractivity contribution in [2.24, 2.45) is 0 Å². The first-order valence-corrected chi connectivity index (χ1v) is 5.42. The Kier molecular flexibility index (Phi) is 2.33. The van der Waals surface area contributed by atoms with Crippen molar-refractivity contribution in [1.29, 1.82) is 0 Å². The topological polar surface area (TPSA) is 52.8 Å². The molecule has 0 unspecified atom stereocenters. The van der Waals surface area contributed by atoms with Crippen LogP contribution in [-0.2, 0) is 9.47 Å². The van der Waals surface area contributed by atoms with E-state index in [0.29, 0.717) is 11.5 Å². The molecule has 5 heteroatoms. The summed E-state index contributed by atoms with van der Waals surface area (Å²) in [7, 11) is 1.38. The van der Waals surface area contributed by atoms with Crippen LogP contribution in [0.5, 0.6) is 0 Å². The van der Waals surface area contributed by atoms with Crippen molar-refractivity contribution in [3.63, 3.8) is 0 Å². The van der Waals surface area contributed by atoms with Gasteiger partial charge >= 0.3 is 5.97 Å². The van der Waals surface area contributed by atoms with Gasteiger partial charge in [0.1, 0.15) is 5.82 Å². The largest absolute Gasteiger partial charge is 0.465 e. The van der Waals surface area contributed by atoms with Crippen molar-refractivity contribution in [3.05, 3.63) is 35.9 Å². The first-order chi connectivity index (χ1) is 8.29. The standard InChI is InChI=1S/C12H12N2O3/c1-16-12(15)8-2-3-14-10(4-8)5-13-11(14)9-6-17-7-9/h2-5,9H,6-7H2,1H3. The highest BCUT2D eigenvalue weighted by atomic mass is 16.5. The van der Waals surface area contributed by atoms with Gasteiger partial charge in [-0.2, -0.15) is 0 Å². The van der Waals surface area contributed by atoms with Gasteiger partial charge in [-0.3, -0.25) is 0 Å². The summed E-state index contributed by atoms with van der Waals surface area (Å²) in [6.45, 7) is 1.44. The van der Waals surface area contributed by atoms with Gasteiger partial charge < -0.3 is 13.9 Å². The molecule has 0 bridgehead atoms. The van der Waals surface area contributed by atoms with Crippen LogP contribution in [0.4, 0.5) is 0 Å². The zero-order valence-corrected chi connectivity index (χ0v) is 9.42. The SMILES string of the molecule is COC(=O)c1ccn2c(C3COC3)ncc2c1. The molecule has 3 heterocycles. The lowest BCUT2D eigenvalue weighted by Crippen LogP contribution is -2.27. The van der Waals surface area contributed by atoms with Crippen LogP contribution in [0.2, 0.25) is 0 Å². The predicted molar refractivity (Wildman–Crippen MR) is 60.1 cm³/mol. The molecule has 3 rings (SSSR count). The minimum Gasteiger partial charge on any atom is -0.465 e. The molecule has 88 valence electrons. The summed E-state index contributed by atoms with van der Waals surface area (Å²) in [6.07, 6.45) is 3.61. The van der Waals surface area contributed by atoms with E-state index in [2.05, 4.69) is 9.72 Å². The van der Waals surface area contributed by atoms with E-state index in [-0.39, 0.29) is 5.97 Å². The minimum absolute atomic E-state index is 0.331. The first kappa shape index (κ1) is 10.3. The molecule has 0 spiro atoms. The lowest BCUT2D eigenvalue weighted by molar-refractivity contribution is 0.00465. The fourth-order valence-corrected chi connectivity index (χ4v) is 1.95. The molecule has 0 amide bonds. The van der Waals surface area contributed by atoms with E-state index in [0.717, 1.165) is 24.6 Å². The summed E-state index contributed by atoms with van der Waals surface area (Å²) in [5.74, 6) is 1.02. The Morgan fingerprint density at radius 1 is 1.59 bits per heavy atom. The van der Waals surface area contributed by atoms with Crippen LogP contribution in [0.25, 0.3) is 5.52 Å². The number of ether oxygens (including phenoxy) is 2. The summed E-state index contributed by atoms with van der Waals surface area (Å²) in [4.78, 5) is 15.8. The normalized spacial score (nSPS) is 15.8. The molecular formula is C12H12N2O3. The van der Waals surface area contributed by atoms with Crippen LogP contribution in [-0.4, -0.2) is 35.7 Å². The minimum atomic E-state index is -0.331. The Balaban J connectivity index is 2.04. The van der Waals surface area contributed by atoms with E-state index in [1.165, 1.54) is 7.11 Å². The molecular weight excluding hydrogens is 220 g/mol. The zero-order valence-electron chi connectivity index (χ0n) is 9.42. The summed E-state index contributed by atoms with van der Waals surface area (Å²) < 4.78 is 11.8. The Labute approximate surface area is 98.0 Å². The van der Waals surface area contributed by atoms with Gasteiger partial charge in [0.2, 0.25) is 0 Å². The number of pyridine rings is 1. The molecule has 0 saturated carbocycles. The smallest absolute Gasteiger partial charge is 0.337 e. The molecule has 1 aliphatic rings. The van der Waals surface area contributed by atoms with Gasteiger partial charge in [0.25, 0.3) is 0 Å². The Morgan fingerprint density at radius 3 is 3.06 bits per heavy atom. The highest BCUT2D eigenvalue weighted by Gasteiger charge is 2.24. The van der Waals surface area contributed by atoms with Crippen LogP contribution in [0, 0.1) is 0 Å². The molecule has 0 aliphatic carbocycles. The molecule has 0 aromatic carbocycles. The van der Waals surface area contributed by atoms with Crippen molar-refractivity contribution in [1.82, 2.24) is 9.38 Å². The molecule has 1 saturated heterocycles. The number of hydrogen-bond donors (Lipinski definition) is 0. The van der Waals surface area contributed by atoms with Gasteiger partial charge in [-0.05, 0) is 12.1 Å². The van der Waals surface area contributed by atoms with E-state index in [9.17, 15) is 4.79 Å². The number of imidazole rings is 1. The maximum atomic E-state index is 11.4. The number of hydrogen-bond acceptors (Lipinski definition) is 4. The van der Waals surface area contributed by atoms with Crippen molar-refractivity contribution >= 4 is 11.5 Å². The highest BCUT2D eigenvalue weighted by Crippen LogP contribution is 2.24. The first-order valence-electron chi connectivity index (χ1n) is 5.42. The van der Waals surface area contributed by atoms with E-state index in [4.69, 9.17) is 4.74 Å².